The fourth-order valence-corrected chi connectivity index (χ4v) is 3.62. The van der Waals surface area contributed by atoms with Crippen LogP contribution < -0.4 is 5.32 Å². The molecular weight excluding hydrogens is 290 g/mol. The lowest BCUT2D eigenvalue weighted by molar-refractivity contribution is 0.0694. The third kappa shape index (κ3) is 3.35. The Morgan fingerprint density at radius 2 is 2.20 bits per heavy atom. The van der Waals surface area contributed by atoms with Crippen molar-refractivity contribution in [2.45, 2.75) is 25.3 Å². The number of carbonyl (C=O) groups is 1. The van der Waals surface area contributed by atoms with E-state index in [4.69, 9.17) is 0 Å². The van der Waals surface area contributed by atoms with Crippen LogP contribution in [0.3, 0.4) is 0 Å². The lowest BCUT2D eigenvalue weighted by atomic mass is 10.1. The van der Waals surface area contributed by atoms with E-state index in [0.29, 0.717) is 17.8 Å². The molecule has 0 aliphatic rings. The second-order valence-corrected chi connectivity index (χ2v) is 6.40. The van der Waals surface area contributed by atoms with Crippen molar-refractivity contribution in [3.05, 3.63) is 45.6 Å². The van der Waals surface area contributed by atoms with Crippen LogP contribution in [0.1, 0.15) is 28.4 Å². The second-order valence-electron chi connectivity index (χ2n) is 4.35. The van der Waals surface area contributed by atoms with Crippen LogP contribution >= 0.6 is 23.1 Å². The average molecular weight is 307 g/mol. The van der Waals surface area contributed by atoms with E-state index < -0.39 is 5.97 Å². The summed E-state index contributed by atoms with van der Waals surface area (Å²) >= 11 is 3.21. The Morgan fingerprint density at radius 1 is 1.40 bits per heavy atom. The van der Waals surface area contributed by atoms with Gasteiger partial charge in [-0.1, -0.05) is 13.0 Å². The molecule has 1 aromatic heterocycles. The van der Waals surface area contributed by atoms with Crippen LogP contribution in [0.15, 0.2) is 33.9 Å². The van der Waals surface area contributed by atoms with E-state index in [1.807, 2.05) is 25.1 Å². The standard InChI is InChI=1S/C15H17NO2S2/c1-3-20-13-6-4-5-12(14(13)15(17)18)16-7-11-9-19-8-10(11)2/h4-6,8-9,16H,3,7H2,1-2H3,(H,17,18). The lowest BCUT2D eigenvalue weighted by Crippen LogP contribution is -2.08. The summed E-state index contributed by atoms with van der Waals surface area (Å²) in [5.41, 5.74) is 3.49. The highest BCUT2D eigenvalue weighted by molar-refractivity contribution is 7.99. The zero-order chi connectivity index (χ0) is 14.5. The Morgan fingerprint density at radius 3 is 2.80 bits per heavy atom. The van der Waals surface area contributed by atoms with Gasteiger partial charge in [-0.3, -0.25) is 0 Å². The van der Waals surface area contributed by atoms with Gasteiger partial charge in [-0.15, -0.1) is 11.8 Å². The average Bonchev–Trinajstić information content (AvgIpc) is 2.82. The van der Waals surface area contributed by atoms with E-state index in [1.165, 1.54) is 11.1 Å². The smallest absolute Gasteiger partial charge is 0.338 e. The monoisotopic (exact) mass is 307 g/mol. The molecule has 106 valence electrons. The molecule has 2 N–H and O–H groups in total. The first kappa shape index (κ1) is 14.9. The van der Waals surface area contributed by atoms with Gasteiger partial charge in [0.05, 0.1) is 11.3 Å². The van der Waals surface area contributed by atoms with Crippen molar-refractivity contribution in [1.82, 2.24) is 0 Å². The van der Waals surface area contributed by atoms with Gasteiger partial charge in [-0.2, -0.15) is 11.3 Å². The van der Waals surface area contributed by atoms with Gasteiger partial charge in [0.1, 0.15) is 0 Å². The maximum atomic E-state index is 11.5. The maximum absolute atomic E-state index is 11.5. The molecule has 0 amide bonds. The third-order valence-electron chi connectivity index (χ3n) is 2.97. The van der Waals surface area contributed by atoms with Crippen molar-refractivity contribution in [3.8, 4) is 0 Å². The largest absolute Gasteiger partial charge is 0.478 e. The summed E-state index contributed by atoms with van der Waals surface area (Å²) in [7, 11) is 0. The van der Waals surface area contributed by atoms with E-state index in [-0.39, 0.29) is 0 Å². The molecule has 0 saturated carbocycles. The van der Waals surface area contributed by atoms with Crippen LogP contribution in [0.2, 0.25) is 0 Å². The fourth-order valence-electron chi connectivity index (χ4n) is 1.93. The normalized spacial score (nSPS) is 10.5. The third-order valence-corrected chi connectivity index (χ3v) is 4.82. The van der Waals surface area contributed by atoms with Crippen molar-refractivity contribution >= 4 is 34.8 Å². The Balaban J connectivity index is 2.24. The first-order chi connectivity index (χ1) is 9.63. The first-order valence-electron chi connectivity index (χ1n) is 6.38. The molecule has 0 bridgehead atoms. The quantitative estimate of drug-likeness (QED) is 0.773. The number of anilines is 1. The zero-order valence-corrected chi connectivity index (χ0v) is 13.1. The number of carboxylic acid groups (broad SMARTS) is 1. The molecule has 5 heteroatoms. The summed E-state index contributed by atoms with van der Waals surface area (Å²) in [6, 6.07) is 5.58. The van der Waals surface area contributed by atoms with Gasteiger partial charge in [-0.25, -0.2) is 4.79 Å². The van der Waals surface area contributed by atoms with Crippen LogP contribution in [0.5, 0.6) is 0 Å². The van der Waals surface area contributed by atoms with Crippen molar-refractivity contribution in [2.75, 3.05) is 11.1 Å². The molecule has 0 saturated heterocycles. The van der Waals surface area contributed by atoms with Crippen LogP contribution in [-0.4, -0.2) is 16.8 Å². The number of thiophene rings is 1. The lowest BCUT2D eigenvalue weighted by Gasteiger charge is -2.12. The Hall–Kier alpha value is -1.46. The van der Waals surface area contributed by atoms with Gasteiger partial charge in [0.25, 0.3) is 0 Å². The number of aryl methyl sites for hydroxylation is 1. The number of benzene rings is 1. The minimum absolute atomic E-state index is 0.368. The van der Waals surface area contributed by atoms with Crippen LogP contribution in [0, 0.1) is 6.92 Å². The number of aromatic carboxylic acids is 1. The molecule has 2 aromatic rings. The SMILES string of the molecule is CCSc1cccc(NCc2cscc2C)c1C(=O)O. The molecule has 0 aliphatic carbocycles. The minimum Gasteiger partial charge on any atom is -0.478 e. The van der Waals surface area contributed by atoms with Gasteiger partial charge in [-0.05, 0) is 46.7 Å². The van der Waals surface area contributed by atoms with E-state index in [9.17, 15) is 9.90 Å². The highest BCUT2D eigenvalue weighted by atomic mass is 32.2. The van der Waals surface area contributed by atoms with Gasteiger partial charge >= 0.3 is 5.97 Å². The van der Waals surface area contributed by atoms with Crippen LogP contribution in [0.4, 0.5) is 5.69 Å². The molecule has 0 radical (unpaired) electrons. The summed E-state index contributed by atoms with van der Waals surface area (Å²) in [6.45, 7) is 4.73. The van der Waals surface area contributed by atoms with Crippen LogP contribution in [0.25, 0.3) is 0 Å². The van der Waals surface area contributed by atoms with Gasteiger partial charge in [0.15, 0.2) is 0 Å². The van der Waals surface area contributed by atoms with E-state index in [0.717, 1.165) is 10.6 Å². The highest BCUT2D eigenvalue weighted by Gasteiger charge is 2.15. The number of rotatable bonds is 6. The summed E-state index contributed by atoms with van der Waals surface area (Å²) in [5, 5.41) is 16.9. The summed E-state index contributed by atoms with van der Waals surface area (Å²) in [6.07, 6.45) is 0. The molecule has 2 rings (SSSR count). The number of hydrogen-bond donors (Lipinski definition) is 2. The van der Waals surface area contributed by atoms with Crippen molar-refractivity contribution < 1.29 is 9.90 Å². The molecule has 0 atom stereocenters. The zero-order valence-electron chi connectivity index (χ0n) is 11.5. The molecule has 20 heavy (non-hydrogen) atoms. The molecule has 1 aromatic carbocycles. The molecule has 1 heterocycles. The van der Waals surface area contributed by atoms with E-state index in [1.54, 1.807) is 23.1 Å². The number of thioether (sulfide) groups is 1. The second kappa shape index (κ2) is 6.81. The number of carboxylic acids is 1. The summed E-state index contributed by atoms with van der Waals surface area (Å²) in [5.74, 6) is -0.0287. The Kier molecular flexibility index (Phi) is 5.09. The van der Waals surface area contributed by atoms with Gasteiger partial charge in [0, 0.05) is 11.4 Å². The van der Waals surface area contributed by atoms with Crippen molar-refractivity contribution in [2.24, 2.45) is 0 Å². The maximum Gasteiger partial charge on any atom is 0.338 e. The van der Waals surface area contributed by atoms with E-state index >= 15 is 0 Å². The molecular formula is C15H17NO2S2. The summed E-state index contributed by atoms with van der Waals surface area (Å²) < 4.78 is 0. The summed E-state index contributed by atoms with van der Waals surface area (Å²) in [4.78, 5) is 12.3. The van der Waals surface area contributed by atoms with Crippen LogP contribution in [-0.2, 0) is 6.54 Å². The molecule has 0 spiro atoms. The minimum atomic E-state index is -0.883. The molecule has 0 unspecified atom stereocenters. The molecule has 0 fully saturated rings. The molecule has 3 nitrogen and oxygen atoms in total. The van der Waals surface area contributed by atoms with Crippen molar-refractivity contribution in [1.29, 1.82) is 0 Å². The molecule has 0 aliphatic heterocycles. The predicted octanol–water partition coefficient (Wildman–Crippen LogP) is 4.48. The first-order valence-corrected chi connectivity index (χ1v) is 8.31. The van der Waals surface area contributed by atoms with E-state index in [2.05, 4.69) is 23.0 Å². The van der Waals surface area contributed by atoms with Gasteiger partial charge < -0.3 is 10.4 Å². The predicted molar refractivity (Wildman–Crippen MR) is 86.2 cm³/mol. The number of nitrogens with one attached hydrogen (secondary N) is 1. The fraction of sp³-hybridized carbons (Fsp3) is 0.267. The highest BCUT2D eigenvalue weighted by Crippen LogP contribution is 2.29. The Labute approximate surface area is 127 Å². The van der Waals surface area contributed by atoms with Gasteiger partial charge in [0.2, 0.25) is 0 Å². The van der Waals surface area contributed by atoms with Crippen molar-refractivity contribution in [3.63, 3.8) is 0 Å². The Bertz CT molecular complexity index is 608. The number of hydrogen-bond acceptors (Lipinski definition) is 4. The topological polar surface area (TPSA) is 49.3 Å².